The van der Waals surface area contributed by atoms with Crippen molar-refractivity contribution in [2.45, 2.75) is 145 Å². The number of amides is 6. The molecule has 382 valence electrons. The molecule has 6 rings (SSSR count). The van der Waals surface area contributed by atoms with E-state index < -0.39 is 77.7 Å². The molecule has 71 heavy (non-hydrogen) atoms. The molecule has 1 saturated heterocycles. The van der Waals surface area contributed by atoms with E-state index in [1.807, 2.05) is 78.9 Å². The molecule has 0 spiro atoms. The fourth-order valence-corrected chi connectivity index (χ4v) is 10.4. The van der Waals surface area contributed by atoms with E-state index in [2.05, 4.69) is 31.6 Å². The predicted molar refractivity (Wildman–Crippen MR) is 270 cm³/mol. The maximum absolute atomic E-state index is 14.9. The second-order valence-corrected chi connectivity index (χ2v) is 19.2. The topological polar surface area (TPSA) is 294 Å². The van der Waals surface area contributed by atoms with E-state index in [-0.39, 0.29) is 69.4 Å². The summed E-state index contributed by atoms with van der Waals surface area (Å²) in [5.41, 5.74) is 21.5. The molecule has 0 unspecified atom stereocenters. The van der Waals surface area contributed by atoms with Crippen molar-refractivity contribution in [2.24, 2.45) is 28.1 Å². The standard InChI is InChI=1S/C53H72N10O8/c1-33(64)58-43(30-34-16-4-2-5-17-34)47(65)59-41(24-12-13-27-54)51(69)63-29-15-26-46(63)50(68)62-44(31-35-18-6-3-7-19-35)48(66)61-45(49(67)60-42(52(70)71)25-14-28-57-53(55)56)32-40-38-22-10-8-20-36(38)37-21-9-11-23-39(37)40/h2,4-5,8-11,16-17,20-23,35,40-46H,3,6-7,12-15,18-19,24-32,54H2,1H3,(H,58,64)(H,59,65)(H,60,67)(H,61,66)(H,62,68)(H,70,71)(H4,55,56,57)/t41-,42+,43-,44+,45-,46-/m0/s1. The molecule has 1 saturated carbocycles. The first-order valence-electron chi connectivity index (χ1n) is 25.2. The molecule has 1 heterocycles. The van der Waals surface area contributed by atoms with Gasteiger partial charge in [-0.05, 0) is 98.1 Å². The van der Waals surface area contributed by atoms with Gasteiger partial charge in [0.1, 0.15) is 36.3 Å². The van der Waals surface area contributed by atoms with Crippen LogP contribution in [0.2, 0.25) is 0 Å². The number of rotatable bonds is 25. The van der Waals surface area contributed by atoms with E-state index in [1.165, 1.54) is 11.8 Å². The molecule has 2 aliphatic carbocycles. The van der Waals surface area contributed by atoms with Crippen molar-refractivity contribution in [3.8, 4) is 11.1 Å². The summed E-state index contributed by atoms with van der Waals surface area (Å²) in [4.78, 5) is 103. The van der Waals surface area contributed by atoms with Gasteiger partial charge in [-0.3, -0.25) is 33.8 Å². The Morgan fingerprint density at radius 3 is 1.85 bits per heavy atom. The predicted octanol–water partition coefficient (Wildman–Crippen LogP) is 3.10. The van der Waals surface area contributed by atoms with Crippen LogP contribution in [-0.2, 0) is 40.0 Å². The lowest BCUT2D eigenvalue weighted by Crippen LogP contribution is -2.59. The second kappa shape index (κ2) is 26.4. The number of aliphatic carboxylic acids is 1. The lowest BCUT2D eigenvalue weighted by atomic mass is 9.84. The smallest absolute Gasteiger partial charge is 0.326 e. The van der Waals surface area contributed by atoms with E-state index in [0.717, 1.165) is 59.9 Å². The quantitative estimate of drug-likeness (QED) is 0.0338. The monoisotopic (exact) mass is 977 g/mol. The van der Waals surface area contributed by atoms with E-state index >= 15 is 0 Å². The number of nitrogens with two attached hydrogens (primary N) is 3. The summed E-state index contributed by atoms with van der Waals surface area (Å²) >= 11 is 0. The fourth-order valence-electron chi connectivity index (χ4n) is 10.4. The Balaban J connectivity index is 1.24. The van der Waals surface area contributed by atoms with Gasteiger partial charge < -0.3 is 53.8 Å². The SMILES string of the molecule is CC(=O)N[C@@H](Cc1ccccc1)C(=O)N[C@@H](CCCCN)C(=O)N1CCC[C@H]1C(=O)N[C@H](CC1CCCCC1)C(=O)N[C@@H](CC1c2ccccc2-c2ccccc21)C(=O)N[C@H](CCCN=C(N)N)C(=O)O. The van der Waals surface area contributed by atoms with Gasteiger partial charge in [0.25, 0.3) is 0 Å². The van der Waals surface area contributed by atoms with Crippen LogP contribution < -0.4 is 43.8 Å². The lowest BCUT2D eigenvalue weighted by Gasteiger charge is -2.32. The first-order valence-corrected chi connectivity index (χ1v) is 25.2. The Morgan fingerprint density at radius 2 is 1.23 bits per heavy atom. The Kier molecular flexibility index (Phi) is 19.9. The number of carbonyl (C=O) groups excluding carboxylic acids is 6. The number of fused-ring (bicyclic) bond motifs is 3. The van der Waals surface area contributed by atoms with Gasteiger partial charge in [0.2, 0.25) is 35.4 Å². The number of benzene rings is 3. The van der Waals surface area contributed by atoms with Crippen molar-refractivity contribution in [2.75, 3.05) is 19.6 Å². The van der Waals surface area contributed by atoms with Crippen molar-refractivity contribution >= 4 is 47.4 Å². The zero-order valence-corrected chi connectivity index (χ0v) is 40.8. The van der Waals surface area contributed by atoms with E-state index in [4.69, 9.17) is 17.2 Å². The van der Waals surface area contributed by atoms with Crippen LogP contribution in [0.5, 0.6) is 0 Å². The van der Waals surface area contributed by atoms with Crippen molar-refractivity contribution in [3.05, 3.63) is 95.6 Å². The number of unbranched alkanes of at least 4 members (excludes halogenated alkanes) is 1. The highest BCUT2D eigenvalue weighted by molar-refractivity contribution is 5.97. The first kappa shape index (κ1) is 53.5. The van der Waals surface area contributed by atoms with Crippen LogP contribution >= 0.6 is 0 Å². The zero-order valence-electron chi connectivity index (χ0n) is 40.8. The summed E-state index contributed by atoms with van der Waals surface area (Å²) in [7, 11) is 0. The number of nitrogens with one attached hydrogen (secondary N) is 5. The molecule has 3 aromatic rings. The van der Waals surface area contributed by atoms with Crippen LogP contribution in [-0.4, -0.2) is 113 Å². The summed E-state index contributed by atoms with van der Waals surface area (Å²) in [6.07, 6.45) is 7.71. The van der Waals surface area contributed by atoms with Crippen molar-refractivity contribution in [1.82, 2.24) is 31.5 Å². The van der Waals surface area contributed by atoms with Crippen molar-refractivity contribution < 1.29 is 38.7 Å². The zero-order chi connectivity index (χ0) is 50.9. The third kappa shape index (κ3) is 15.1. The molecular weight excluding hydrogens is 905 g/mol. The van der Waals surface area contributed by atoms with Gasteiger partial charge in [-0.2, -0.15) is 0 Å². The van der Waals surface area contributed by atoms with Gasteiger partial charge in [0.15, 0.2) is 5.96 Å². The minimum absolute atomic E-state index is 0.0196. The average molecular weight is 977 g/mol. The third-order valence-corrected chi connectivity index (χ3v) is 13.9. The molecule has 1 aliphatic heterocycles. The number of hydrogen-bond donors (Lipinski definition) is 9. The number of carboxylic acid groups (broad SMARTS) is 1. The summed E-state index contributed by atoms with van der Waals surface area (Å²) < 4.78 is 0. The van der Waals surface area contributed by atoms with Crippen LogP contribution in [0.1, 0.15) is 119 Å². The largest absolute Gasteiger partial charge is 0.480 e. The average Bonchev–Trinajstić information content (AvgIpc) is 3.98. The lowest BCUT2D eigenvalue weighted by molar-refractivity contribution is -0.143. The van der Waals surface area contributed by atoms with Gasteiger partial charge in [-0.15, -0.1) is 0 Å². The summed E-state index contributed by atoms with van der Waals surface area (Å²) in [6.45, 7) is 2.09. The van der Waals surface area contributed by atoms with Crippen LogP contribution in [0.25, 0.3) is 11.1 Å². The first-order chi connectivity index (χ1) is 34.2. The molecule has 0 radical (unpaired) electrons. The van der Waals surface area contributed by atoms with Crippen LogP contribution in [0.4, 0.5) is 0 Å². The molecule has 18 heteroatoms. The van der Waals surface area contributed by atoms with Crippen LogP contribution in [0.15, 0.2) is 83.9 Å². The van der Waals surface area contributed by atoms with Gasteiger partial charge in [0, 0.05) is 32.4 Å². The van der Waals surface area contributed by atoms with E-state index in [0.29, 0.717) is 32.2 Å². The summed E-state index contributed by atoms with van der Waals surface area (Å²) in [5.74, 6) is -4.87. The summed E-state index contributed by atoms with van der Waals surface area (Å²) in [6, 6.07) is 18.3. The number of hydrogen-bond acceptors (Lipinski definition) is 9. The number of carbonyl (C=O) groups is 7. The van der Waals surface area contributed by atoms with Gasteiger partial charge in [-0.1, -0.05) is 111 Å². The molecule has 3 aliphatic rings. The Morgan fingerprint density at radius 1 is 0.648 bits per heavy atom. The minimum Gasteiger partial charge on any atom is -0.480 e. The molecule has 0 aromatic heterocycles. The van der Waals surface area contributed by atoms with Gasteiger partial charge in [-0.25, -0.2) is 4.79 Å². The molecular formula is C53H72N10O8. The number of nitrogens with zero attached hydrogens (tertiary/aromatic N) is 2. The second-order valence-electron chi connectivity index (χ2n) is 19.2. The number of guanidine groups is 1. The highest BCUT2D eigenvalue weighted by Crippen LogP contribution is 2.46. The van der Waals surface area contributed by atoms with E-state index in [1.54, 1.807) is 0 Å². The van der Waals surface area contributed by atoms with Gasteiger partial charge >= 0.3 is 5.97 Å². The van der Waals surface area contributed by atoms with E-state index in [9.17, 15) is 38.7 Å². The van der Waals surface area contributed by atoms with Crippen LogP contribution in [0.3, 0.4) is 0 Å². The number of likely N-dealkylation sites (tertiary alicyclic amines) is 1. The number of carboxylic acids is 1. The normalized spacial score (nSPS) is 17.5. The Labute approximate surface area is 416 Å². The molecule has 12 N–H and O–H groups in total. The fraction of sp³-hybridized carbons (Fsp3) is 0.509. The molecule has 0 bridgehead atoms. The molecule has 18 nitrogen and oxygen atoms in total. The molecule has 6 amide bonds. The molecule has 3 aromatic carbocycles. The Bertz CT molecular complexity index is 2310. The highest BCUT2D eigenvalue weighted by Gasteiger charge is 2.41. The molecule has 2 fully saturated rings. The van der Waals surface area contributed by atoms with Gasteiger partial charge in [0.05, 0.1) is 0 Å². The highest BCUT2D eigenvalue weighted by atomic mass is 16.4. The maximum Gasteiger partial charge on any atom is 0.326 e. The number of aliphatic imine (C=N–C) groups is 1. The minimum atomic E-state index is -1.31. The van der Waals surface area contributed by atoms with Crippen molar-refractivity contribution in [3.63, 3.8) is 0 Å². The molecule has 6 atom stereocenters. The van der Waals surface area contributed by atoms with Crippen LogP contribution in [0, 0.1) is 5.92 Å². The Hall–Kier alpha value is -6.82. The third-order valence-electron chi connectivity index (χ3n) is 13.9. The summed E-state index contributed by atoms with van der Waals surface area (Å²) in [5, 5.41) is 24.5. The maximum atomic E-state index is 14.9. The van der Waals surface area contributed by atoms with Crippen molar-refractivity contribution in [1.29, 1.82) is 0 Å².